The minimum Gasteiger partial charge on any atom is -0.378 e. The molecule has 0 aromatic heterocycles. The molecule has 0 aliphatic carbocycles. The number of hydrogen-bond donors (Lipinski definition) is 0. The molecule has 2 heteroatoms. The molecule has 1 saturated heterocycles. The van der Waals surface area contributed by atoms with Crippen molar-refractivity contribution in [1.29, 1.82) is 0 Å². The van der Waals surface area contributed by atoms with Crippen LogP contribution in [0.2, 0.25) is 0 Å². The largest absolute Gasteiger partial charge is 0.378 e. The van der Waals surface area contributed by atoms with Crippen molar-refractivity contribution in [1.82, 2.24) is 0 Å². The highest BCUT2D eigenvalue weighted by Gasteiger charge is 2.22. The van der Waals surface area contributed by atoms with E-state index in [1.807, 2.05) is 12.1 Å². The van der Waals surface area contributed by atoms with Crippen molar-refractivity contribution in [3.63, 3.8) is 0 Å². The van der Waals surface area contributed by atoms with Crippen molar-refractivity contribution in [3.8, 4) is 11.1 Å². The van der Waals surface area contributed by atoms with Gasteiger partial charge >= 0.3 is 0 Å². The lowest BCUT2D eigenvalue weighted by Crippen LogP contribution is -2.24. The van der Waals surface area contributed by atoms with Crippen molar-refractivity contribution in [2.75, 3.05) is 6.61 Å². The molecular formula is C24H31FO. The Balaban J connectivity index is 1.46. The fourth-order valence-corrected chi connectivity index (χ4v) is 3.86. The molecule has 0 amide bonds. The van der Waals surface area contributed by atoms with Crippen LogP contribution in [0, 0.1) is 5.82 Å². The monoisotopic (exact) mass is 354 g/mol. The molecule has 0 radical (unpaired) electrons. The van der Waals surface area contributed by atoms with Crippen molar-refractivity contribution in [2.24, 2.45) is 0 Å². The summed E-state index contributed by atoms with van der Waals surface area (Å²) in [6.45, 7) is 3.10. The molecule has 1 fully saturated rings. The number of halogens is 1. The molecular weight excluding hydrogens is 323 g/mol. The Morgan fingerprint density at radius 2 is 1.50 bits per heavy atom. The number of benzene rings is 2. The fourth-order valence-electron chi connectivity index (χ4n) is 3.86. The third kappa shape index (κ3) is 5.41. The first-order chi connectivity index (χ1) is 12.8. The van der Waals surface area contributed by atoms with Gasteiger partial charge in [-0.1, -0.05) is 75.4 Å². The topological polar surface area (TPSA) is 9.23 Å². The molecule has 140 valence electrons. The van der Waals surface area contributed by atoms with Gasteiger partial charge < -0.3 is 4.74 Å². The SMILES string of the molecule is CCCCCCCC1CCC(c2ccc(-c3ccc(F)cc3)cc2)CO1. The Kier molecular flexibility index (Phi) is 7.25. The fraction of sp³-hybridized carbons (Fsp3) is 0.500. The maximum atomic E-state index is 13.1. The van der Waals surface area contributed by atoms with Gasteiger partial charge in [0.05, 0.1) is 12.7 Å². The summed E-state index contributed by atoms with van der Waals surface area (Å²) in [7, 11) is 0. The molecule has 2 aromatic rings. The van der Waals surface area contributed by atoms with E-state index in [4.69, 9.17) is 4.74 Å². The predicted molar refractivity (Wildman–Crippen MR) is 107 cm³/mol. The number of unbranched alkanes of at least 4 members (excludes halogenated alkanes) is 4. The lowest BCUT2D eigenvalue weighted by Gasteiger charge is -2.29. The summed E-state index contributed by atoms with van der Waals surface area (Å²) in [5.74, 6) is 0.318. The highest BCUT2D eigenvalue weighted by atomic mass is 19.1. The molecule has 0 N–H and O–H groups in total. The Labute approximate surface area is 157 Å². The van der Waals surface area contributed by atoms with Gasteiger partial charge in [0, 0.05) is 5.92 Å². The van der Waals surface area contributed by atoms with E-state index < -0.39 is 0 Å². The molecule has 1 heterocycles. The summed E-state index contributed by atoms with van der Waals surface area (Å²) in [5, 5.41) is 0. The van der Waals surface area contributed by atoms with Crippen LogP contribution >= 0.6 is 0 Å². The van der Waals surface area contributed by atoms with E-state index in [1.165, 1.54) is 69.1 Å². The molecule has 1 aliphatic rings. The van der Waals surface area contributed by atoms with Crippen LogP contribution in [-0.4, -0.2) is 12.7 Å². The lowest BCUT2D eigenvalue weighted by atomic mass is 9.89. The Hall–Kier alpha value is -1.67. The summed E-state index contributed by atoms with van der Waals surface area (Å²) in [5.41, 5.74) is 3.55. The number of rotatable bonds is 8. The Morgan fingerprint density at radius 1 is 0.846 bits per heavy atom. The third-order valence-corrected chi connectivity index (χ3v) is 5.56. The second-order valence-electron chi connectivity index (χ2n) is 7.56. The number of hydrogen-bond acceptors (Lipinski definition) is 1. The highest BCUT2D eigenvalue weighted by Crippen LogP contribution is 2.31. The third-order valence-electron chi connectivity index (χ3n) is 5.56. The van der Waals surface area contributed by atoms with Crippen molar-refractivity contribution >= 4 is 0 Å². The van der Waals surface area contributed by atoms with Crippen LogP contribution in [0.1, 0.15) is 69.8 Å². The summed E-state index contributed by atoms with van der Waals surface area (Å²) in [6, 6.07) is 15.4. The standard InChI is InChI=1S/C24H31FO/c1-2-3-4-5-6-7-24-17-14-22(18-26-24)21-10-8-19(9-11-21)20-12-15-23(25)16-13-20/h8-13,15-16,22,24H,2-7,14,17-18H2,1H3. The molecule has 0 spiro atoms. The van der Waals surface area contributed by atoms with Gasteiger partial charge in [-0.25, -0.2) is 4.39 Å². The highest BCUT2D eigenvalue weighted by molar-refractivity contribution is 5.63. The maximum absolute atomic E-state index is 13.1. The zero-order valence-electron chi connectivity index (χ0n) is 15.9. The minimum atomic E-state index is -0.190. The van der Waals surface area contributed by atoms with E-state index >= 15 is 0 Å². The van der Waals surface area contributed by atoms with Crippen LogP contribution in [0.15, 0.2) is 48.5 Å². The molecule has 2 atom stereocenters. The van der Waals surface area contributed by atoms with E-state index in [0.717, 1.165) is 17.7 Å². The second kappa shape index (κ2) is 9.87. The first kappa shape index (κ1) is 19.1. The van der Waals surface area contributed by atoms with Gasteiger partial charge in [0.1, 0.15) is 5.82 Å². The predicted octanol–water partition coefficient (Wildman–Crippen LogP) is 7.12. The van der Waals surface area contributed by atoms with Crippen LogP contribution in [-0.2, 0) is 4.74 Å². The lowest BCUT2D eigenvalue weighted by molar-refractivity contribution is -0.00213. The zero-order valence-corrected chi connectivity index (χ0v) is 15.9. The van der Waals surface area contributed by atoms with Crippen LogP contribution < -0.4 is 0 Å². The van der Waals surface area contributed by atoms with Crippen molar-refractivity contribution in [2.45, 2.75) is 70.3 Å². The van der Waals surface area contributed by atoms with E-state index in [2.05, 4.69) is 31.2 Å². The van der Waals surface area contributed by atoms with Gasteiger partial charge in [0.15, 0.2) is 0 Å². The van der Waals surface area contributed by atoms with Gasteiger partial charge in [-0.3, -0.25) is 0 Å². The number of ether oxygens (including phenoxy) is 1. The maximum Gasteiger partial charge on any atom is 0.123 e. The van der Waals surface area contributed by atoms with Crippen molar-refractivity contribution < 1.29 is 9.13 Å². The normalized spacial score (nSPS) is 20.2. The summed E-state index contributed by atoms with van der Waals surface area (Å²) in [4.78, 5) is 0. The molecule has 2 aromatic carbocycles. The molecule has 3 rings (SSSR count). The minimum absolute atomic E-state index is 0.190. The van der Waals surface area contributed by atoms with E-state index in [0.29, 0.717) is 12.0 Å². The van der Waals surface area contributed by atoms with E-state index in [9.17, 15) is 4.39 Å². The average Bonchev–Trinajstić information content (AvgIpc) is 2.69. The van der Waals surface area contributed by atoms with E-state index in [-0.39, 0.29) is 5.82 Å². The molecule has 2 unspecified atom stereocenters. The molecule has 1 aliphatic heterocycles. The summed E-state index contributed by atoms with van der Waals surface area (Å²) < 4.78 is 19.2. The Morgan fingerprint density at radius 3 is 2.12 bits per heavy atom. The van der Waals surface area contributed by atoms with Crippen LogP contribution in [0.4, 0.5) is 4.39 Å². The first-order valence-electron chi connectivity index (χ1n) is 10.2. The first-order valence-corrected chi connectivity index (χ1v) is 10.2. The average molecular weight is 355 g/mol. The quantitative estimate of drug-likeness (QED) is 0.459. The van der Waals surface area contributed by atoms with E-state index in [1.54, 1.807) is 0 Å². The van der Waals surface area contributed by atoms with Gasteiger partial charge in [-0.2, -0.15) is 0 Å². The van der Waals surface area contributed by atoms with Crippen LogP contribution in [0.5, 0.6) is 0 Å². The smallest absolute Gasteiger partial charge is 0.123 e. The summed E-state index contributed by atoms with van der Waals surface area (Å²) >= 11 is 0. The van der Waals surface area contributed by atoms with Gasteiger partial charge in [-0.15, -0.1) is 0 Å². The zero-order chi connectivity index (χ0) is 18.2. The van der Waals surface area contributed by atoms with Gasteiger partial charge in [-0.05, 0) is 48.1 Å². The molecule has 0 bridgehead atoms. The molecule has 0 saturated carbocycles. The van der Waals surface area contributed by atoms with Gasteiger partial charge in [0.25, 0.3) is 0 Å². The summed E-state index contributed by atoms with van der Waals surface area (Å²) in [6.07, 6.45) is 10.8. The van der Waals surface area contributed by atoms with Gasteiger partial charge in [0.2, 0.25) is 0 Å². The second-order valence-corrected chi connectivity index (χ2v) is 7.56. The molecule has 26 heavy (non-hydrogen) atoms. The Bertz CT molecular complexity index is 639. The molecule has 1 nitrogen and oxygen atoms in total. The van der Waals surface area contributed by atoms with Crippen LogP contribution in [0.3, 0.4) is 0 Å². The van der Waals surface area contributed by atoms with Crippen LogP contribution in [0.25, 0.3) is 11.1 Å². The van der Waals surface area contributed by atoms with Crippen molar-refractivity contribution in [3.05, 3.63) is 59.9 Å².